The number of carbonyl (C=O) groups excluding carboxylic acids is 2. The first-order valence-electron chi connectivity index (χ1n) is 10.3. The highest BCUT2D eigenvalue weighted by Crippen LogP contribution is 2.24. The molecule has 0 aliphatic carbocycles. The van der Waals surface area contributed by atoms with Crippen LogP contribution in [-0.4, -0.2) is 30.9 Å². The first-order chi connectivity index (χ1) is 14.4. The summed E-state index contributed by atoms with van der Waals surface area (Å²) in [6.45, 7) is 5.98. The molecule has 0 aromatic heterocycles. The molecule has 0 spiro atoms. The second-order valence-electron chi connectivity index (χ2n) is 7.69. The van der Waals surface area contributed by atoms with Gasteiger partial charge in [0.1, 0.15) is 6.04 Å². The zero-order valence-electron chi connectivity index (χ0n) is 17.3. The van der Waals surface area contributed by atoms with E-state index in [2.05, 4.69) is 21.6 Å². The van der Waals surface area contributed by atoms with Gasteiger partial charge in [0, 0.05) is 29.5 Å². The molecule has 2 atom stereocenters. The topological polar surface area (TPSA) is 61.4 Å². The Labute approximate surface area is 187 Å². The van der Waals surface area contributed by atoms with E-state index >= 15 is 0 Å². The van der Waals surface area contributed by atoms with Crippen LogP contribution in [0.2, 0.25) is 10.0 Å². The number of nitrogens with one attached hydrogen (secondary N) is 2. The zero-order chi connectivity index (χ0) is 21.7. The Bertz CT molecular complexity index is 913. The maximum Gasteiger partial charge on any atom is 0.253 e. The molecule has 1 heterocycles. The minimum absolute atomic E-state index is 0.0614. The third kappa shape index (κ3) is 5.46. The molecule has 1 aliphatic rings. The van der Waals surface area contributed by atoms with Crippen molar-refractivity contribution in [3.05, 3.63) is 58.1 Å². The molecular formula is C23H27Cl2N3O2. The Morgan fingerprint density at radius 3 is 2.53 bits per heavy atom. The molecule has 2 N–H and O–H groups in total. The highest BCUT2D eigenvalue weighted by atomic mass is 35.5. The standard InChI is InChI=1S/C23H27Cl2N3O2/c1-3-15(2)21(27-22(29)19-13-16(24)9-10-20(19)25)23(30)26-17-7-6-8-18(14-17)28-11-4-5-12-28/h6-10,13-15,21H,3-5,11-12H2,1-2H3,(H,26,30)(H,27,29). The van der Waals surface area contributed by atoms with Crippen LogP contribution in [0.25, 0.3) is 0 Å². The van der Waals surface area contributed by atoms with Gasteiger partial charge in [0.15, 0.2) is 0 Å². The summed E-state index contributed by atoms with van der Waals surface area (Å²) in [5.41, 5.74) is 2.06. The number of anilines is 2. The Morgan fingerprint density at radius 1 is 1.10 bits per heavy atom. The summed E-state index contributed by atoms with van der Waals surface area (Å²) in [6.07, 6.45) is 3.10. The Kier molecular flexibility index (Phi) is 7.62. The predicted octanol–water partition coefficient (Wildman–Crippen LogP) is 5.38. The van der Waals surface area contributed by atoms with Crippen LogP contribution in [0, 0.1) is 5.92 Å². The van der Waals surface area contributed by atoms with Gasteiger partial charge in [0.25, 0.3) is 5.91 Å². The monoisotopic (exact) mass is 447 g/mol. The van der Waals surface area contributed by atoms with Gasteiger partial charge in [-0.1, -0.05) is 49.5 Å². The van der Waals surface area contributed by atoms with E-state index in [0.29, 0.717) is 15.7 Å². The molecule has 2 unspecified atom stereocenters. The van der Waals surface area contributed by atoms with Crippen molar-refractivity contribution in [1.82, 2.24) is 5.32 Å². The SMILES string of the molecule is CCC(C)C(NC(=O)c1cc(Cl)ccc1Cl)C(=O)Nc1cccc(N2CCCC2)c1. The molecule has 5 nitrogen and oxygen atoms in total. The van der Waals surface area contributed by atoms with E-state index in [1.165, 1.54) is 18.9 Å². The molecule has 160 valence electrons. The Balaban J connectivity index is 1.75. The fourth-order valence-corrected chi connectivity index (χ4v) is 3.94. The molecule has 0 bridgehead atoms. The Morgan fingerprint density at radius 2 is 1.83 bits per heavy atom. The van der Waals surface area contributed by atoms with Crippen molar-refractivity contribution in [3.63, 3.8) is 0 Å². The molecule has 2 amide bonds. The summed E-state index contributed by atoms with van der Waals surface area (Å²) < 4.78 is 0. The summed E-state index contributed by atoms with van der Waals surface area (Å²) in [7, 11) is 0. The normalized spacial score (nSPS) is 15.5. The number of halogens is 2. The number of amides is 2. The Hall–Kier alpha value is -2.24. The van der Waals surface area contributed by atoms with E-state index < -0.39 is 11.9 Å². The van der Waals surface area contributed by atoms with Crippen molar-refractivity contribution in [3.8, 4) is 0 Å². The predicted molar refractivity (Wildman–Crippen MR) is 124 cm³/mol. The lowest BCUT2D eigenvalue weighted by molar-refractivity contribution is -0.119. The molecule has 0 radical (unpaired) electrons. The molecule has 0 saturated carbocycles. The summed E-state index contributed by atoms with van der Waals surface area (Å²) in [5, 5.41) is 6.50. The number of nitrogens with zero attached hydrogens (tertiary/aromatic N) is 1. The van der Waals surface area contributed by atoms with Crippen molar-refractivity contribution in [2.75, 3.05) is 23.3 Å². The first-order valence-corrected chi connectivity index (χ1v) is 11.1. The smallest absolute Gasteiger partial charge is 0.253 e. The minimum Gasteiger partial charge on any atom is -0.371 e. The van der Waals surface area contributed by atoms with E-state index in [0.717, 1.165) is 25.2 Å². The van der Waals surface area contributed by atoms with Gasteiger partial charge < -0.3 is 15.5 Å². The first kappa shape index (κ1) is 22.4. The molecule has 30 heavy (non-hydrogen) atoms. The maximum atomic E-state index is 13.1. The number of hydrogen-bond donors (Lipinski definition) is 2. The van der Waals surface area contributed by atoms with E-state index in [9.17, 15) is 9.59 Å². The van der Waals surface area contributed by atoms with E-state index in [4.69, 9.17) is 23.2 Å². The van der Waals surface area contributed by atoms with Gasteiger partial charge in [-0.15, -0.1) is 0 Å². The van der Waals surface area contributed by atoms with Gasteiger partial charge >= 0.3 is 0 Å². The van der Waals surface area contributed by atoms with E-state index in [1.54, 1.807) is 12.1 Å². The summed E-state index contributed by atoms with van der Waals surface area (Å²) in [6, 6.07) is 11.8. The molecule has 1 aliphatic heterocycles. The minimum atomic E-state index is -0.701. The number of benzene rings is 2. The van der Waals surface area contributed by atoms with Crippen LogP contribution in [-0.2, 0) is 4.79 Å². The quantitative estimate of drug-likeness (QED) is 0.598. The van der Waals surface area contributed by atoms with Gasteiger partial charge in [-0.05, 0) is 55.2 Å². The molecule has 3 rings (SSSR count). The van der Waals surface area contributed by atoms with Crippen molar-refractivity contribution < 1.29 is 9.59 Å². The van der Waals surface area contributed by atoms with Crippen LogP contribution in [0.5, 0.6) is 0 Å². The van der Waals surface area contributed by atoms with Gasteiger partial charge in [-0.25, -0.2) is 0 Å². The molecule has 2 aromatic rings. The van der Waals surface area contributed by atoms with Crippen LogP contribution in [0.3, 0.4) is 0 Å². The van der Waals surface area contributed by atoms with Crippen LogP contribution >= 0.6 is 23.2 Å². The van der Waals surface area contributed by atoms with Crippen LogP contribution in [0.1, 0.15) is 43.5 Å². The third-order valence-electron chi connectivity index (χ3n) is 5.54. The lowest BCUT2D eigenvalue weighted by Crippen LogP contribution is -2.47. The second kappa shape index (κ2) is 10.2. The summed E-state index contributed by atoms with van der Waals surface area (Å²) in [4.78, 5) is 28.2. The van der Waals surface area contributed by atoms with Gasteiger partial charge in [0.05, 0.1) is 10.6 Å². The van der Waals surface area contributed by atoms with Crippen LogP contribution < -0.4 is 15.5 Å². The average Bonchev–Trinajstić information content (AvgIpc) is 3.28. The molecular weight excluding hydrogens is 421 g/mol. The van der Waals surface area contributed by atoms with Crippen molar-refractivity contribution >= 4 is 46.4 Å². The highest BCUT2D eigenvalue weighted by Gasteiger charge is 2.27. The van der Waals surface area contributed by atoms with Gasteiger partial charge in [-0.2, -0.15) is 0 Å². The largest absolute Gasteiger partial charge is 0.371 e. The average molecular weight is 448 g/mol. The van der Waals surface area contributed by atoms with Gasteiger partial charge in [0.2, 0.25) is 5.91 Å². The fourth-order valence-electron chi connectivity index (χ4n) is 3.57. The zero-order valence-corrected chi connectivity index (χ0v) is 18.8. The van der Waals surface area contributed by atoms with E-state index in [-0.39, 0.29) is 17.4 Å². The van der Waals surface area contributed by atoms with Gasteiger partial charge in [-0.3, -0.25) is 9.59 Å². The van der Waals surface area contributed by atoms with Crippen molar-refractivity contribution in [2.45, 2.75) is 39.2 Å². The lowest BCUT2D eigenvalue weighted by Gasteiger charge is -2.24. The molecule has 1 fully saturated rings. The van der Waals surface area contributed by atoms with Crippen molar-refractivity contribution in [2.24, 2.45) is 5.92 Å². The number of hydrogen-bond acceptors (Lipinski definition) is 3. The lowest BCUT2D eigenvalue weighted by atomic mass is 9.97. The number of carbonyl (C=O) groups is 2. The highest BCUT2D eigenvalue weighted by molar-refractivity contribution is 6.35. The molecule has 1 saturated heterocycles. The number of rotatable bonds is 7. The molecule has 2 aromatic carbocycles. The summed E-state index contributed by atoms with van der Waals surface area (Å²) >= 11 is 12.2. The van der Waals surface area contributed by atoms with E-state index in [1.807, 2.05) is 32.0 Å². The maximum absolute atomic E-state index is 13.1. The third-order valence-corrected chi connectivity index (χ3v) is 6.10. The fraction of sp³-hybridized carbons (Fsp3) is 0.391. The molecule has 7 heteroatoms. The van der Waals surface area contributed by atoms with Crippen LogP contribution in [0.15, 0.2) is 42.5 Å². The second-order valence-corrected chi connectivity index (χ2v) is 8.54. The summed E-state index contributed by atoms with van der Waals surface area (Å²) in [5.74, 6) is -0.739. The van der Waals surface area contributed by atoms with Crippen molar-refractivity contribution in [1.29, 1.82) is 0 Å². The van der Waals surface area contributed by atoms with Crippen LogP contribution in [0.4, 0.5) is 11.4 Å².